The number of carbonyl (C=O) groups is 1. The van der Waals surface area contributed by atoms with Crippen molar-refractivity contribution in [3.8, 4) is 11.4 Å². The number of phenolic OH excluding ortho intramolecular Hbond substituents is 1. The molecule has 0 unspecified atom stereocenters. The van der Waals surface area contributed by atoms with Crippen LogP contribution in [0.25, 0.3) is 5.69 Å². The van der Waals surface area contributed by atoms with Gasteiger partial charge >= 0.3 is 0 Å². The second kappa shape index (κ2) is 6.83. The lowest BCUT2D eigenvalue weighted by Gasteiger charge is -2.04. The van der Waals surface area contributed by atoms with Gasteiger partial charge in [0.25, 0.3) is 5.91 Å². The van der Waals surface area contributed by atoms with E-state index in [9.17, 15) is 9.90 Å². The number of aromatic nitrogens is 1. The Hall–Kier alpha value is -3.34. The zero-order valence-corrected chi connectivity index (χ0v) is 13.2. The van der Waals surface area contributed by atoms with Gasteiger partial charge in [0, 0.05) is 23.1 Å². The standard InChI is InChI=1S/C19H17N3O2/c1-14-11-15(13-22(14)16-7-3-2-4-8-16)12-20-21-19(24)17-9-5-6-10-18(17)23/h2-13,23H,1H3,(H,21,24)/b20-12+. The van der Waals surface area contributed by atoms with Crippen LogP contribution < -0.4 is 5.43 Å². The van der Waals surface area contributed by atoms with Gasteiger partial charge in [-0.2, -0.15) is 5.10 Å². The van der Waals surface area contributed by atoms with Crippen molar-refractivity contribution in [2.24, 2.45) is 5.10 Å². The van der Waals surface area contributed by atoms with Crippen molar-refractivity contribution in [3.63, 3.8) is 0 Å². The van der Waals surface area contributed by atoms with Crippen LogP contribution in [-0.2, 0) is 0 Å². The lowest BCUT2D eigenvalue weighted by molar-refractivity contribution is 0.0952. The maximum absolute atomic E-state index is 12.0. The second-order valence-electron chi connectivity index (χ2n) is 5.34. The van der Waals surface area contributed by atoms with Crippen molar-refractivity contribution in [3.05, 3.63) is 83.7 Å². The molecule has 0 aliphatic heterocycles. The lowest BCUT2D eigenvalue weighted by atomic mass is 10.2. The number of carbonyl (C=O) groups excluding carboxylic acids is 1. The van der Waals surface area contributed by atoms with E-state index in [0.717, 1.165) is 16.9 Å². The van der Waals surface area contributed by atoms with Crippen LogP contribution in [0.2, 0.25) is 0 Å². The molecular formula is C19H17N3O2. The van der Waals surface area contributed by atoms with E-state index in [0.29, 0.717) is 0 Å². The number of para-hydroxylation sites is 2. The molecular weight excluding hydrogens is 302 g/mol. The number of aromatic hydroxyl groups is 1. The highest BCUT2D eigenvalue weighted by atomic mass is 16.3. The summed E-state index contributed by atoms with van der Waals surface area (Å²) in [5.41, 5.74) is 5.60. The number of hydrogen-bond acceptors (Lipinski definition) is 3. The molecule has 0 fully saturated rings. The smallest absolute Gasteiger partial charge is 0.275 e. The molecule has 0 atom stereocenters. The van der Waals surface area contributed by atoms with Crippen LogP contribution in [-0.4, -0.2) is 21.8 Å². The molecule has 0 aliphatic rings. The van der Waals surface area contributed by atoms with Gasteiger partial charge in [-0.15, -0.1) is 0 Å². The maximum Gasteiger partial charge on any atom is 0.275 e. The minimum Gasteiger partial charge on any atom is -0.507 e. The topological polar surface area (TPSA) is 66.6 Å². The molecule has 5 nitrogen and oxygen atoms in total. The Kier molecular flexibility index (Phi) is 4.43. The zero-order valence-electron chi connectivity index (χ0n) is 13.2. The predicted octanol–water partition coefficient (Wildman–Crippen LogP) is 3.26. The van der Waals surface area contributed by atoms with E-state index in [2.05, 4.69) is 10.5 Å². The number of nitrogens with one attached hydrogen (secondary N) is 1. The quantitative estimate of drug-likeness (QED) is 0.572. The molecule has 3 aromatic rings. The highest BCUT2D eigenvalue weighted by Gasteiger charge is 2.08. The van der Waals surface area contributed by atoms with Gasteiger partial charge in [0.2, 0.25) is 0 Å². The fraction of sp³-hybridized carbons (Fsp3) is 0.0526. The average molecular weight is 319 g/mol. The Morgan fingerprint density at radius 1 is 1.12 bits per heavy atom. The minimum atomic E-state index is -0.455. The molecule has 0 spiro atoms. The molecule has 120 valence electrons. The van der Waals surface area contributed by atoms with Crippen molar-refractivity contribution in [1.82, 2.24) is 9.99 Å². The van der Waals surface area contributed by atoms with Gasteiger partial charge in [-0.05, 0) is 37.3 Å². The largest absolute Gasteiger partial charge is 0.507 e. The number of rotatable bonds is 4. The van der Waals surface area contributed by atoms with Crippen LogP contribution in [0, 0.1) is 6.92 Å². The van der Waals surface area contributed by atoms with Gasteiger partial charge in [0.1, 0.15) is 5.75 Å². The van der Waals surface area contributed by atoms with Gasteiger partial charge in [-0.3, -0.25) is 4.79 Å². The predicted molar refractivity (Wildman–Crippen MR) is 93.7 cm³/mol. The summed E-state index contributed by atoms with van der Waals surface area (Å²) in [6.45, 7) is 2.00. The fourth-order valence-corrected chi connectivity index (χ4v) is 2.43. The van der Waals surface area contributed by atoms with Crippen molar-refractivity contribution >= 4 is 12.1 Å². The first-order valence-corrected chi connectivity index (χ1v) is 7.51. The molecule has 0 saturated carbocycles. The summed E-state index contributed by atoms with van der Waals surface area (Å²) in [6.07, 6.45) is 3.52. The first-order chi connectivity index (χ1) is 11.6. The van der Waals surface area contributed by atoms with Gasteiger partial charge in [-0.1, -0.05) is 30.3 Å². The third kappa shape index (κ3) is 3.35. The molecule has 0 bridgehead atoms. The van der Waals surface area contributed by atoms with Crippen LogP contribution in [0.1, 0.15) is 21.6 Å². The SMILES string of the molecule is Cc1cc(/C=N/NC(=O)c2ccccc2O)cn1-c1ccccc1. The second-order valence-corrected chi connectivity index (χ2v) is 5.34. The van der Waals surface area contributed by atoms with Crippen LogP contribution >= 0.6 is 0 Å². The normalized spacial score (nSPS) is 10.9. The van der Waals surface area contributed by atoms with Crippen molar-refractivity contribution in [2.75, 3.05) is 0 Å². The number of benzene rings is 2. The van der Waals surface area contributed by atoms with Crippen molar-refractivity contribution < 1.29 is 9.90 Å². The Morgan fingerprint density at radius 2 is 1.83 bits per heavy atom. The molecule has 0 aliphatic carbocycles. The molecule has 0 saturated heterocycles. The molecule has 1 heterocycles. The number of nitrogens with zero attached hydrogens (tertiary/aromatic N) is 2. The summed E-state index contributed by atoms with van der Waals surface area (Å²) in [6, 6.07) is 18.3. The third-order valence-corrected chi connectivity index (χ3v) is 3.60. The van der Waals surface area contributed by atoms with E-state index < -0.39 is 5.91 Å². The lowest BCUT2D eigenvalue weighted by Crippen LogP contribution is -2.17. The van der Waals surface area contributed by atoms with Gasteiger partial charge in [0.05, 0.1) is 11.8 Å². The fourth-order valence-electron chi connectivity index (χ4n) is 2.43. The Labute approximate surface area is 139 Å². The highest BCUT2D eigenvalue weighted by Crippen LogP contribution is 2.15. The van der Waals surface area contributed by atoms with Crippen molar-refractivity contribution in [1.29, 1.82) is 0 Å². The van der Waals surface area contributed by atoms with Crippen molar-refractivity contribution in [2.45, 2.75) is 6.92 Å². The Balaban J connectivity index is 1.72. The number of hydrazone groups is 1. The van der Waals surface area contributed by atoms with E-state index in [1.165, 1.54) is 12.1 Å². The number of phenols is 1. The number of aryl methyl sites for hydroxylation is 1. The summed E-state index contributed by atoms with van der Waals surface area (Å²) in [4.78, 5) is 12.0. The maximum atomic E-state index is 12.0. The first kappa shape index (κ1) is 15.6. The average Bonchev–Trinajstić information content (AvgIpc) is 2.96. The van der Waals surface area contributed by atoms with Gasteiger partial charge < -0.3 is 9.67 Å². The molecule has 1 amide bonds. The van der Waals surface area contributed by atoms with Gasteiger partial charge in [0.15, 0.2) is 0 Å². The van der Waals surface area contributed by atoms with Crippen LogP contribution in [0.5, 0.6) is 5.75 Å². The number of amides is 1. The molecule has 24 heavy (non-hydrogen) atoms. The van der Waals surface area contributed by atoms with Gasteiger partial charge in [-0.25, -0.2) is 5.43 Å². The third-order valence-electron chi connectivity index (χ3n) is 3.60. The van der Waals surface area contributed by atoms with Crippen LogP contribution in [0.4, 0.5) is 0 Å². The van der Waals surface area contributed by atoms with Crippen LogP contribution in [0.3, 0.4) is 0 Å². The van der Waals surface area contributed by atoms with E-state index >= 15 is 0 Å². The summed E-state index contributed by atoms with van der Waals surface area (Å²) in [5.74, 6) is -0.528. The molecule has 2 N–H and O–H groups in total. The van der Waals surface area contributed by atoms with Crippen LogP contribution in [0.15, 0.2) is 72.0 Å². The Bertz CT molecular complexity index is 883. The monoisotopic (exact) mass is 319 g/mol. The molecule has 5 heteroatoms. The molecule has 0 radical (unpaired) electrons. The summed E-state index contributed by atoms with van der Waals surface area (Å²) >= 11 is 0. The summed E-state index contributed by atoms with van der Waals surface area (Å²) < 4.78 is 2.05. The summed E-state index contributed by atoms with van der Waals surface area (Å²) in [5, 5.41) is 13.6. The molecule has 3 rings (SSSR count). The van der Waals surface area contributed by atoms with E-state index in [-0.39, 0.29) is 11.3 Å². The van der Waals surface area contributed by atoms with E-state index in [4.69, 9.17) is 0 Å². The highest BCUT2D eigenvalue weighted by molar-refractivity contribution is 5.97. The first-order valence-electron chi connectivity index (χ1n) is 7.51. The minimum absolute atomic E-state index is 0.0729. The summed E-state index contributed by atoms with van der Waals surface area (Å²) in [7, 11) is 0. The van der Waals surface area contributed by atoms with E-state index in [1.807, 2.05) is 54.1 Å². The van der Waals surface area contributed by atoms with E-state index in [1.54, 1.807) is 18.3 Å². The number of hydrogen-bond donors (Lipinski definition) is 2. The molecule has 1 aromatic heterocycles. The molecule has 2 aromatic carbocycles. The Morgan fingerprint density at radius 3 is 2.58 bits per heavy atom. The zero-order chi connectivity index (χ0) is 16.9.